The Balaban J connectivity index is 0.911. The van der Waals surface area contributed by atoms with Crippen molar-refractivity contribution in [2.24, 2.45) is 0 Å². The van der Waals surface area contributed by atoms with Crippen molar-refractivity contribution in [3.8, 4) is 11.4 Å². The number of para-hydroxylation sites is 8. The van der Waals surface area contributed by atoms with Gasteiger partial charge in [-0.2, -0.15) is 0 Å². The van der Waals surface area contributed by atoms with Gasteiger partial charge in [-0.05, 0) is 121 Å². The van der Waals surface area contributed by atoms with Gasteiger partial charge in [0.25, 0.3) is 0 Å². The molecule has 272 valence electrons. The molecule has 58 heavy (non-hydrogen) atoms. The molecular weight excluding hydrogens is 717 g/mol. The van der Waals surface area contributed by atoms with Crippen LogP contribution in [0.25, 0.3) is 112 Å². The third kappa shape index (κ3) is 3.97. The van der Waals surface area contributed by atoms with E-state index in [4.69, 9.17) is 18.8 Å². The average Bonchev–Trinajstić information content (AvgIpc) is 4.11. The Hall–Kier alpha value is -7.84. The lowest BCUT2D eigenvalue weighted by atomic mass is 9.91. The highest BCUT2D eigenvalue weighted by Gasteiger charge is 2.23. The normalized spacial score (nSPS) is 13.5. The van der Waals surface area contributed by atoms with Gasteiger partial charge in [0.2, 0.25) is 11.6 Å². The van der Waals surface area contributed by atoms with Crippen LogP contribution in [0.15, 0.2) is 160 Å². The number of aryl methyl sites for hydroxylation is 1. The number of imidazole rings is 4. The Morgan fingerprint density at radius 2 is 0.931 bits per heavy atom. The zero-order valence-corrected chi connectivity index (χ0v) is 30.9. The van der Waals surface area contributed by atoms with Gasteiger partial charge in [0.15, 0.2) is 0 Å². The van der Waals surface area contributed by atoms with Crippen LogP contribution < -0.4 is 0 Å². The van der Waals surface area contributed by atoms with Crippen LogP contribution in [-0.4, -0.2) is 27.9 Å². The monoisotopic (exact) mass is 746 g/mol. The Labute approximate surface area is 328 Å². The molecule has 8 heteroatoms. The summed E-state index contributed by atoms with van der Waals surface area (Å²) in [5.41, 5.74) is 17.0. The highest BCUT2D eigenvalue weighted by Crippen LogP contribution is 2.41. The molecule has 0 radical (unpaired) electrons. The Bertz CT molecular complexity index is 3940. The zero-order valence-electron chi connectivity index (χ0n) is 30.9. The summed E-state index contributed by atoms with van der Waals surface area (Å²) in [7, 11) is 0. The van der Waals surface area contributed by atoms with Gasteiger partial charge in [0.1, 0.15) is 22.5 Å². The first-order valence-electron chi connectivity index (χ1n) is 19.7. The van der Waals surface area contributed by atoms with Crippen LogP contribution in [0.2, 0.25) is 0 Å². The Morgan fingerprint density at radius 1 is 0.431 bits per heavy atom. The standard InChI is InChI=1S/C50H30N6O2/c1-3-11-39-37(9-1)51-49-53(41-13-5-7-15-43(41)55(39)49)31-19-23-47-35(27-31)33-25-29(17-21-45(33)57-47)30-18-22-46-34(26-30)36-28-32(20-24-48(36)58-46)54-42-14-6-8-16-44(42)56-40-12-4-2-10-38(40)52-50(54)56/h1-17,19-21,23-28H,18,22H2. The van der Waals surface area contributed by atoms with E-state index < -0.39 is 0 Å². The third-order valence-electron chi connectivity index (χ3n) is 12.3. The van der Waals surface area contributed by atoms with E-state index in [0.29, 0.717) is 0 Å². The first-order valence-corrected chi connectivity index (χ1v) is 19.7. The minimum Gasteiger partial charge on any atom is -0.460 e. The van der Waals surface area contributed by atoms with Gasteiger partial charge in [0, 0.05) is 28.1 Å². The van der Waals surface area contributed by atoms with E-state index in [0.717, 1.165) is 124 Å². The number of nitrogens with zero attached hydrogens (tertiary/aromatic N) is 6. The molecule has 0 amide bonds. The van der Waals surface area contributed by atoms with Crippen LogP contribution in [0.4, 0.5) is 0 Å². The smallest absolute Gasteiger partial charge is 0.220 e. The highest BCUT2D eigenvalue weighted by molar-refractivity contribution is 6.08. The number of aromatic nitrogens is 6. The lowest BCUT2D eigenvalue weighted by molar-refractivity contribution is 0.548. The molecule has 0 N–H and O–H groups in total. The summed E-state index contributed by atoms with van der Waals surface area (Å²) in [5.74, 6) is 2.81. The predicted octanol–water partition coefficient (Wildman–Crippen LogP) is 12.3. The second-order valence-corrected chi connectivity index (χ2v) is 15.4. The van der Waals surface area contributed by atoms with Crippen molar-refractivity contribution in [3.63, 3.8) is 0 Å². The van der Waals surface area contributed by atoms with Crippen LogP contribution in [0.3, 0.4) is 0 Å². The fourth-order valence-electron chi connectivity index (χ4n) is 9.68. The minimum atomic E-state index is 0.831. The van der Waals surface area contributed by atoms with Crippen LogP contribution in [0, 0.1) is 0 Å². The molecule has 6 aromatic heterocycles. The number of hydrogen-bond donors (Lipinski definition) is 0. The predicted molar refractivity (Wildman–Crippen MR) is 232 cm³/mol. The first kappa shape index (κ1) is 30.4. The summed E-state index contributed by atoms with van der Waals surface area (Å²) in [6.45, 7) is 0. The molecule has 0 saturated heterocycles. The quantitative estimate of drug-likeness (QED) is 0.180. The lowest BCUT2D eigenvalue weighted by Gasteiger charge is -2.13. The molecule has 7 aromatic carbocycles. The maximum absolute atomic E-state index is 6.52. The molecule has 0 aliphatic heterocycles. The number of rotatable bonds is 3. The Kier molecular flexibility index (Phi) is 5.72. The lowest BCUT2D eigenvalue weighted by Crippen LogP contribution is -1.97. The molecule has 0 atom stereocenters. The third-order valence-corrected chi connectivity index (χ3v) is 12.3. The molecule has 0 spiro atoms. The van der Waals surface area contributed by atoms with Crippen LogP contribution >= 0.6 is 0 Å². The van der Waals surface area contributed by atoms with Crippen LogP contribution in [0.1, 0.15) is 23.3 Å². The van der Waals surface area contributed by atoms with E-state index in [1.54, 1.807) is 0 Å². The summed E-state index contributed by atoms with van der Waals surface area (Å²) in [6.07, 6.45) is 4.05. The van der Waals surface area contributed by atoms with Gasteiger partial charge in [-0.15, -0.1) is 0 Å². The van der Waals surface area contributed by atoms with E-state index in [1.807, 2.05) is 12.1 Å². The molecule has 0 unspecified atom stereocenters. The van der Waals surface area contributed by atoms with Crippen molar-refractivity contribution in [3.05, 3.63) is 169 Å². The van der Waals surface area contributed by atoms with E-state index in [-0.39, 0.29) is 0 Å². The molecule has 13 aromatic rings. The van der Waals surface area contributed by atoms with E-state index in [1.165, 1.54) is 11.1 Å². The second kappa shape index (κ2) is 10.9. The molecule has 0 saturated carbocycles. The van der Waals surface area contributed by atoms with Crippen LogP contribution in [-0.2, 0) is 6.42 Å². The van der Waals surface area contributed by atoms with Gasteiger partial charge < -0.3 is 8.83 Å². The zero-order chi connectivity index (χ0) is 37.6. The molecular formula is C50H30N6O2. The van der Waals surface area contributed by atoms with Crippen molar-refractivity contribution >= 4 is 100 Å². The molecule has 0 fully saturated rings. The number of allylic oxidation sites excluding steroid dienone is 1. The fourth-order valence-corrected chi connectivity index (χ4v) is 9.68. The Morgan fingerprint density at radius 3 is 1.55 bits per heavy atom. The molecule has 6 heterocycles. The van der Waals surface area contributed by atoms with Gasteiger partial charge in [-0.3, -0.25) is 17.9 Å². The van der Waals surface area contributed by atoms with Gasteiger partial charge in [-0.25, -0.2) is 9.97 Å². The molecule has 8 nitrogen and oxygen atoms in total. The summed E-state index contributed by atoms with van der Waals surface area (Å²) in [5, 5.41) is 3.28. The maximum atomic E-state index is 6.52. The molecule has 1 aliphatic carbocycles. The van der Waals surface area contributed by atoms with Gasteiger partial charge in [0.05, 0.1) is 55.5 Å². The summed E-state index contributed by atoms with van der Waals surface area (Å²) < 4.78 is 22.0. The van der Waals surface area contributed by atoms with Crippen LogP contribution in [0.5, 0.6) is 0 Å². The van der Waals surface area contributed by atoms with E-state index >= 15 is 0 Å². The molecule has 14 rings (SSSR count). The van der Waals surface area contributed by atoms with Crippen molar-refractivity contribution < 1.29 is 8.83 Å². The van der Waals surface area contributed by atoms with Crippen molar-refractivity contribution in [1.82, 2.24) is 27.9 Å². The van der Waals surface area contributed by atoms with Crippen molar-refractivity contribution in [1.29, 1.82) is 0 Å². The number of benzene rings is 7. The first-order chi connectivity index (χ1) is 28.7. The summed E-state index contributed by atoms with van der Waals surface area (Å²) >= 11 is 0. The summed E-state index contributed by atoms with van der Waals surface area (Å²) in [4.78, 5) is 10.2. The number of fused-ring (bicyclic) bond motifs is 16. The number of hydrogen-bond acceptors (Lipinski definition) is 4. The van der Waals surface area contributed by atoms with Gasteiger partial charge in [-0.1, -0.05) is 54.6 Å². The average molecular weight is 747 g/mol. The SMILES string of the molecule is C1=C(c2ccc3oc4ccc(-n5c6ccccc6n6c7ccccc7nc56)cc4c3c2)CCc2oc3ccc(-n4c5ccccc5n5c6ccccc6nc45)cc3c21. The highest BCUT2D eigenvalue weighted by atomic mass is 16.3. The number of furan rings is 2. The van der Waals surface area contributed by atoms with Gasteiger partial charge >= 0.3 is 0 Å². The topological polar surface area (TPSA) is 70.7 Å². The summed E-state index contributed by atoms with van der Waals surface area (Å²) in [6, 6.07) is 53.3. The molecule has 1 aliphatic rings. The van der Waals surface area contributed by atoms with Crippen molar-refractivity contribution in [2.75, 3.05) is 0 Å². The van der Waals surface area contributed by atoms with E-state index in [9.17, 15) is 0 Å². The maximum Gasteiger partial charge on any atom is 0.220 e. The largest absolute Gasteiger partial charge is 0.460 e. The fraction of sp³-hybridized carbons (Fsp3) is 0.0400. The minimum absolute atomic E-state index is 0.831. The second-order valence-electron chi connectivity index (χ2n) is 15.4. The molecule has 0 bridgehead atoms. The van der Waals surface area contributed by atoms with E-state index in [2.05, 4.69) is 164 Å². The van der Waals surface area contributed by atoms with Crippen molar-refractivity contribution in [2.45, 2.75) is 12.8 Å².